The highest BCUT2D eigenvalue weighted by Crippen LogP contribution is 2.46. The molecule has 43 heavy (non-hydrogen) atoms. The third kappa shape index (κ3) is 5.76. The summed E-state index contributed by atoms with van der Waals surface area (Å²) in [6.07, 6.45) is 3.19. The lowest BCUT2D eigenvalue weighted by Gasteiger charge is -2.47. The van der Waals surface area contributed by atoms with Crippen LogP contribution in [-0.2, 0) is 12.2 Å². The average molecular weight is 650 g/mol. The second kappa shape index (κ2) is 11.6. The number of rotatable bonds is 9. The van der Waals surface area contributed by atoms with Crippen molar-refractivity contribution in [1.29, 1.82) is 0 Å². The van der Waals surface area contributed by atoms with Gasteiger partial charge in [-0.2, -0.15) is 0 Å². The molecule has 2 aliphatic rings. The van der Waals surface area contributed by atoms with Crippen molar-refractivity contribution in [1.82, 2.24) is 15.5 Å². The van der Waals surface area contributed by atoms with Crippen LogP contribution in [0.2, 0.25) is 15.1 Å². The maximum atomic E-state index is 14.7. The minimum absolute atomic E-state index is 0.0335. The number of pyridine rings is 1. The number of nitrogens with zero attached hydrogens (tertiary/aromatic N) is 3. The summed E-state index contributed by atoms with van der Waals surface area (Å²) in [5.41, 5.74) is 0.602. The molecule has 2 aromatic carbocycles. The maximum absolute atomic E-state index is 14.7. The average Bonchev–Trinajstić information content (AvgIpc) is 3.70. The van der Waals surface area contributed by atoms with E-state index in [0.29, 0.717) is 40.4 Å². The molecule has 1 amide bonds. The molecule has 0 bridgehead atoms. The van der Waals surface area contributed by atoms with E-state index in [1.807, 2.05) is 0 Å². The number of aromatic nitrogens is 2. The molecule has 0 unspecified atom stereocenters. The van der Waals surface area contributed by atoms with Gasteiger partial charge in [0.2, 0.25) is 0 Å². The topological polar surface area (TPSA) is 101 Å². The molecule has 1 saturated heterocycles. The first-order valence-electron chi connectivity index (χ1n) is 13.5. The maximum Gasteiger partial charge on any atom is 0.252 e. The van der Waals surface area contributed by atoms with Crippen molar-refractivity contribution in [3.63, 3.8) is 0 Å². The number of benzene rings is 2. The lowest BCUT2D eigenvalue weighted by molar-refractivity contribution is 0.00671. The summed E-state index contributed by atoms with van der Waals surface area (Å²) in [6.45, 7) is 2.33. The molecule has 2 N–H and O–H groups in total. The van der Waals surface area contributed by atoms with Gasteiger partial charge in [-0.1, -0.05) is 46.0 Å². The van der Waals surface area contributed by atoms with Crippen molar-refractivity contribution in [3.8, 4) is 17.0 Å². The Bertz CT molecular complexity index is 1700. The predicted molar refractivity (Wildman–Crippen MR) is 158 cm³/mol. The molecule has 6 rings (SSSR count). The summed E-state index contributed by atoms with van der Waals surface area (Å²) >= 11 is 19.2. The fraction of sp³-hybridized carbons (Fsp3) is 0.300. The fourth-order valence-corrected chi connectivity index (χ4v) is 6.15. The molecule has 3 heterocycles. The normalized spacial score (nSPS) is 15.7. The number of amides is 1. The van der Waals surface area contributed by atoms with Gasteiger partial charge in [0.15, 0.2) is 11.6 Å². The summed E-state index contributed by atoms with van der Waals surface area (Å²) < 4.78 is 40.2. The van der Waals surface area contributed by atoms with Gasteiger partial charge in [0.05, 0.1) is 39.3 Å². The highest BCUT2D eigenvalue weighted by Gasteiger charge is 2.45. The minimum Gasteiger partial charge on any atom is -0.489 e. The number of hydrogen-bond donors (Lipinski definition) is 2. The number of nitrogens with one attached hydrogen (secondary N) is 1. The van der Waals surface area contributed by atoms with Crippen molar-refractivity contribution in [2.75, 3.05) is 24.5 Å². The molecule has 8 nitrogen and oxygen atoms in total. The number of halogens is 5. The largest absolute Gasteiger partial charge is 0.489 e. The van der Waals surface area contributed by atoms with E-state index >= 15 is 0 Å². The fourth-order valence-electron chi connectivity index (χ4n) is 5.17. The van der Waals surface area contributed by atoms with Crippen molar-refractivity contribution in [2.24, 2.45) is 0 Å². The zero-order valence-corrected chi connectivity index (χ0v) is 25.0. The molecule has 4 aromatic rings. The van der Waals surface area contributed by atoms with Crippen molar-refractivity contribution >= 4 is 46.5 Å². The summed E-state index contributed by atoms with van der Waals surface area (Å²) in [4.78, 5) is 17.6. The molecule has 1 saturated carbocycles. The summed E-state index contributed by atoms with van der Waals surface area (Å²) in [5, 5.41) is 18.5. The Morgan fingerprint density at radius 3 is 2.49 bits per heavy atom. The summed E-state index contributed by atoms with van der Waals surface area (Å²) in [5.74, 6) is -0.325. The van der Waals surface area contributed by atoms with Gasteiger partial charge < -0.3 is 24.6 Å². The number of aliphatic hydroxyl groups is 1. The van der Waals surface area contributed by atoms with Gasteiger partial charge in [0.1, 0.15) is 35.2 Å². The molecule has 0 atom stereocenters. The molecule has 13 heteroatoms. The lowest BCUT2D eigenvalue weighted by atomic mass is 9.86. The van der Waals surface area contributed by atoms with E-state index in [9.17, 15) is 18.7 Å². The molecular weight excluding hydrogens is 625 g/mol. The number of β-amino-alcohol motifs (C(OH)–C–C–N with tert-alkyl or cyclic N) is 1. The zero-order valence-electron chi connectivity index (χ0n) is 22.8. The minimum atomic E-state index is -1.35. The van der Waals surface area contributed by atoms with Crippen LogP contribution < -0.4 is 15.0 Å². The first-order valence-corrected chi connectivity index (χ1v) is 14.7. The van der Waals surface area contributed by atoms with Crippen LogP contribution in [0.1, 0.15) is 52.9 Å². The molecule has 1 aliphatic carbocycles. The Morgan fingerprint density at radius 1 is 1.14 bits per heavy atom. The summed E-state index contributed by atoms with van der Waals surface area (Å²) in [7, 11) is 0. The standard InChI is InChI=1S/C30H25Cl3F2N4O4/c1-2-36-29(40)16-7-24(35)28(37-11-16)39-13-30(41,14-39)20-6-5-18(10-21(20)31)42-12-19-26(38-43-27(19)15-3-4-15)25-22(32)8-17(34)9-23(25)33/h5-11,15,41H,2-4,12-14H2,1H3,(H,36,40). The monoisotopic (exact) mass is 648 g/mol. The van der Waals surface area contributed by atoms with Gasteiger partial charge in [-0.15, -0.1) is 0 Å². The SMILES string of the molecule is CCNC(=O)c1cnc(N2CC(O)(c3ccc(OCc4c(-c5c(Cl)cc(F)cc5Cl)noc4C4CC4)cc3Cl)C2)c(F)c1. The van der Waals surface area contributed by atoms with Crippen LogP contribution in [0.3, 0.4) is 0 Å². The quantitative estimate of drug-likeness (QED) is 0.204. The van der Waals surface area contributed by atoms with E-state index in [1.165, 1.54) is 6.20 Å². The Morgan fingerprint density at radius 2 is 1.86 bits per heavy atom. The van der Waals surface area contributed by atoms with Crippen molar-refractivity contribution < 1.29 is 27.9 Å². The van der Waals surface area contributed by atoms with Crippen LogP contribution in [0, 0.1) is 11.6 Å². The van der Waals surface area contributed by atoms with E-state index < -0.39 is 23.1 Å². The van der Waals surface area contributed by atoms with Crippen LogP contribution in [0.25, 0.3) is 11.3 Å². The predicted octanol–water partition coefficient (Wildman–Crippen LogP) is 6.89. The molecule has 224 valence electrons. The molecular formula is C30H25Cl3F2N4O4. The van der Waals surface area contributed by atoms with Crippen molar-refractivity contribution in [3.05, 3.63) is 91.7 Å². The summed E-state index contributed by atoms with van der Waals surface area (Å²) in [6, 6.07) is 8.35. The van der Waals surface area contributed by atoms with Crippen LogP contribution in [0.15, 0.2) is 47.1 Å². The Labute approximate surface area is 260 Å². The molecule has 2 aromatic heterocycles. The highest BCUT2D eigenvalue weighted by atomic mass is 35.5. The number of carbonyl (C=O) groups is 1. The number of anilines is 1. The number of hydrogen-bond acceptors (Lipinski definition) is 7. The van der Waals surface area contributed by atoms with Gasteiger partial charge in [-0.3, -0.25) is 4.79 Å². The first-order chi connectivity index (χ1) is 20.6. The molecule has 0 spiro atoms. The Kier molecular flexibility index (Phi) is 7.97. The third-order valence-electron chi connectivity index (χ3n) is 7.46. The number of ether oxygens (including phenoxy) is 1. The van der Waals surface area contributed by atoms with E-state index in [0.717, 1.165) is 31.0 Å². The van der Waals surface area contributed by atoms with E-state index in [-0.39, 0.29) is 52.1 Å². The van der Waals surface area contributed by atoms with Gasteiger partial charge >= 0.3 is 0 Å². The Hall–Kier alpha value is -3.44. The number of carbonyl (C=O) groups excluding carboxylic acids is 1. The smallest absolute Gasteiger partial charge is 0.252 e. The van der Waals surface area contributed by atoms with E-state index in [2.05, 4.69) is 15.5 Å². The van der Waals surface area contributed by atoms with Gasteiger partial charge in [-0.25, -0.2) is 13.8 Å². The Balaban J connectivity index is 1.17. The van der Waals surface area contributed by atoms with Crippen LogP contribution in [0.4, 0.5) is 14.6 Å². The molecule has 2 fully saturated rings. The second-order valence-corrected chi connectivity index (χ2v) is 11.8. The van der Waals surface area contributed by atoms with E-state index in [4.69, 9.17) is 44.1 Å². The van der Waals surface area contributed by atoms with Crippen LogP contribution >= 0.6 is 34.8 Å². The molecule has 1 aliphatic heterocycles. The van der Waals surface area contributed by atoms with Crippen LogP contribution in [0.5, 0.6) is 5.75 Å². The zero-order chi connectivity index (χ0) is 30.5. The van der Waals surface area contributed by atoms with Crippen LogP contribution in [-0.4, -0.2) is 40.8 Å². The highest BCUT2D eigenvalue weighted by molar-refractivity contribution is 6.39. The van der Waals surface area contributed by atoms with Gasteiger partial charge in [0, 0.05) is 29.8 Å². The van der Waals surface area contributed by atoms with E-state index in [1.54, 1.807) is 30.0 Å². The molecule has 0 radical (unpaired) electrons. The van der Waals surface area contributed by atoms with Gasteiger partial charge in [0.25, 0.3) is 5.91 Å². The lowest BCUT2D eigenvalue weighted by Crippen LogP contribution is -2.60. The second-order valence-electron chi connectivity index (χ2n) is 10.6. The first kappa shape index (κ1) is 29.6. The van der Waals surface area contributed by atoms with Gasteiger partial charge in [-0.05, 0) is 50.1 Å². The van der Waals surface area contributed by atoms with Crippen molar-refractivity contribution in [2.45, 2.75) is 37.9 Å². The third-order valence-corrected chi connectivity index (χ3v) is 8.37.